The Morgan fingerprint density at radius 3 is 2.35 bits per heavy atom. The molecule has 5 rings (SSSR count). The number of nitrogens with one attached hydrogen (secondary N) is 1. The van der Waals surface area contributed by atoms with Crippen molar-refractivity contribution in [2.24, 2.45) is 0 Å². The highest BCUT2D eigenvalue weighted by molar-refractivity contribution is 7.90. The van der Waals surface area contributed by atoms with Crippen LogP contribution in [0.4, 0.5) is 4.79 Å². The third-order valence-corrected chi connectivity index (χ3v) is 9.32. The molecule has 2 heterocycles. The van der Waals surface area contributed by atoms with Crippen molar-refractivity contribution in [3.05, 3.63) is 94.4 Å². The Hall–Kier alpha value is -5.09. The molecular weight excluding hydrogens is 610 g/mol. The van der Waals surface area contributed by atoms with Crippen molar-refractivity contribution in [1.29, 1.82) is 5.26 Å². The quantitative estimate of drug-likeness (QED) is 0.316. The molecule has 2 amide bonds. The van der Waals surface area contributed by atoms with Crippen molar-refractivity contribution in [2.75, 3.05) is 20.2 Å². The highest BCUT2D eigenvalue weighted by Crippen LogP contribution is 2.29. The lowest BCUT2D eigenvalue weighted by Crippen LogP contribution is -2.52. The van der Waals surface area contributed by atoms with Gasteiger partial charge in [0.1, 0.15) is 17.4 Å². The molecule has 1 aliphatic rings. The molecule has 0 saturated carbocycles. The van der Waals surface area contributed by atoms with Crippen LogP contribution in [0, 0.1) is 11.3 Å². The molecule has 1 aromatic heterocycles. The second kappa shape index (κ2) is 12.7. The number of ether oxygens (including phenoxy) is 2. The van der Waals surface area contributed by atoms with E-state index in [0.717, 1.165) is 4.57 Å². The van der Waals surface area contributed by atoms with E-state index in [2.05, 4.69) is 5.32 Å². The number of hydrogen-bond donors (Lipinski definition) is 1. The summed E-state index contributed by atoms with van der Waals surface area (Å²) >= 11 is 0. The fourth-order valence-corrected chi connectivity index (χ4v) is 6.97. The summed E-state index contributed by atoms with van der Waals surface area (Å²) in [5, 5.41) is 12.5. The summed E-state index contributed by atoms with van der Waals surface area (Å²) in [5.41, 5.74) is -0.931. The fourth-order valence-electron chi connectivity index (χ4n) is 5.58. The number of benzene rings is 3. The van der Waals surface area contributed by atoms with Crippen LogP contribution < -0.4 is 15.7 Å². The van der Waals surface area contributed by atoms with Gasteiger partial charge in [-0.05, 0) is 81.6 Å². The van der Waals surface area contributed by atoms with E-state index in [1.807, 2.05) is 6.07 Å². The number of alkyl carbamates (subject to hydrolysis) is 1. The summed E-state index contributed by atoms with van der Waals surface area (Å²) in [6.07, 6.45) is 0.595. The standard InChI is InChI=1S/C33H35N5O7S/c1-33(2,3)45-31(40)35-24-11-8-18-36(21-24)30(39)29(23-9-6-5-7-10-23)37-28-19-22(20-34)12-17-27(28)38(32(37)41)46(42,43)26-15-13-25(44-4)14-16-26/h5-7,9-10,12-17,19,24,29H,8,11,18,21H2,1-4H3,(H,35,40). The second-order valence-corrected chi connectivity index (χ2v) is 13.8. The van der Waals surface area contributed by atoms with Gasteiger partial charge < -0.3 is 19.7 Å². The van der Waals surface area contributed by atoms with Gasteiger partial charge in [-0.1, -0.05) is 30.3 Å². The number of carbonyl (C=O) groups excluding carboxylic acids is 2. The van der Waals surface area contributed by atoms with Gasteiger partial charge in [0.15, 0.2) is 0 Å². The van der Waals surface area contributed by atoms with Crippen LogP contribution in [0.3, 0.4) is 0 Å². The number of imidazole rings is 1. The number of hydrogen-bond acceptors (Lipinski definition) is 8. The van der Waals surface area contributed by atoms with Gasteiger partial charge in [-0.2, -0.15) is 9.23 Å². The molecule has 1 N–H and O–H groups in total. The van der Waals surface area contributed by atoms with E-state index >= 15 is 0 Å². The topological polar surface area (TPSA) is 153 Å². The number of fused-ring (bicyclic) bond motifs is 1. The van der Waals surface area contributed by atoms with Gasteiger partial charge in [0.25, 0.3) is 15.9 Å². The molecule has 0 spiro atoms. The van der Waals surface area contributed by atoms with E-state index in [4.69, 9.17) is 9.47 Å². The third kappa shape index (κ3) is 6.48. The molecule has 13 heteroatoms. The molecule has 46 heavy (non-hydrogen) atoms. The molecule has 240 valence electrons. The minimum absolute atomic E-state index is 0.0108. The molecule has 12 nitrogen and oxygen atoms in total. The van der Waals surface area contributed by atoms with Crippen LogP contribution in [-0.2, 0) is 19.6 Å². The smallest absolute Gasteiger partial charge is 0.407 e. The first-order chi connectivity index (χ1) is 21.8. The largest absolute Gasteiger partial charge is 0.497 e. The number of rotatable bonds is 7. The van der Waals surface area contributed by atoms with Crippen molar-refractivity contribution >= 4 is 33.1 Å². The average molecular weight is 646 g/mol. The van der Waals surface area contributed by atoms with Gasteiger partial charge in [-0.25, -0.2) is 18.0 Å². The minimum atomic E-state index is -4.46. The Labute approximate surface area is 266 Å². The number of amides is 2. The molecule has 0 aliphatic carbocycles. The van der Waals surface area contributed by atoms with Crippen LogP contribution in [0.5, 0.6) is 5.75 Å². The lowest BCUT2D eigenvalue weighted by Gasteiger charge is -2.35. The number of nitrogens with zero attached hydrogens (tertiary/aromatic N) is 4. The summed E-state index contributed by atoms with van der Waals surface area (Å²) in [5.74, 6) is -0.0321. The molecule has 1 aliphatic heterocycles. The van der Waals surface area contributed by atoms with Gasteiger partial charge >= 0.3 is 11.8 Å². The summed E-state index contributed by atoms with van der Waals surface area (Å²) in [4.78, 5) is 42.8. The van der Waals surface area contributed by atoms with E-state index in [0.29, 0.717) is 34.7 Å². The molecular formula is C33H35N5O7S. The van der Waals surface area contributed by atoms with Gasteiger partial charge in [0.2, 0.25) is 0 Å². The molecule has 1 saturated heterocycles. The van der Waals surface area contributed by atoms with Crippen molar-refractivity contribution in [3.8, 4) is 11.8 Å². The number of aromatic nitrogens is 2. The average Bonchev–Trinajstić information content (AvgIpc) is 3.32. The van der Waals surface area contributed by atoms with Gasteiger partial charge in [-0.3, -0.25) is 9.36 Å². The number of methoxy groups -OCH3 is 1. The van der Waals surface area contributed by atoms with E-state index in [9.17, 15) is 28.1 Å². The molecule has 0 bridgehead atoms. The SMILES string of the molecule is COc1ccc(S(=O)(=O)n2c(=O)n(C(C(=O)N3CCCC(NC(=O)OC(C)(C)C)C3)c3ccccc3)c3cc(C#N)ccc32)cc1. The minimum Gasteiger partial charge on any atom is -0.497 e. The third-order valence-electron chi connectivity index (χ3n) is 7.62. The van der Waals surface area contributed by atoms with Crippen LogP contribution in [0.2, 0.25) is 0 Å². The maximum atomic E-state index is 14.5. The van der Waals surface area contributed by atoms with Crippen molar-refractivity contribution < 1.29 is 27.5 Å². The maximum Gasteiger partial charge on any atom is 0.407 e. The number of carbonyl (C=O) groups is 2. The zero-order valence-electron chi connectivity index (χ0n) is 26.0. The lowest BCUT2D eigenvalue weighted by molar-refractivity contribution is -0.135. The van der Waals surface area contributed by atoms with E-state index < -0.39 is 45.4 Å². The number of nitriles is 1. The lowest BCUT2D eigenvalue weighted by atomic mass is 10.0. The molecule has 3 aromatic carbocycles. The van der Waals surface area contributed by atoms with Crippen molar-refractivity contribution in [3.63, 3.8) is 0 Å². The second-order valence-electron chi connectivity index (χ2n) is 12.0. The van der Waals surface area contributed by atoms with Crippen molar-refractivity contribution in [1.82, 2.24) is 18.8 Å². The fraction of sp³-hybridized carbons (Fsp3) is 0.333. The highest BCUT2D eigenvalue weighted by atomic mass is 32.2. The first-order valence-electron chi connectivity index (χ1n) is 14.7. The van der Waals surface area contributed by atoms with E-state index in [1.54, 1.807) is 56.0 Å². The Bertz CT molecular complexity index is 1970. The van der Waals surface area contributed by atoms with E-state index in [1.165, 1.54) is 49.6 Å². The molecule has 2 unspecified atom stereocenters. The number of piperidine rings is 1. The Morgan fingerprint density at radius 1 is 1.02 bits per heavy atom. The predicted octanol–water partition coefficient (Wildman–Crippen LogP) is 4.03. The first kappa shape index (κ1) is 32.3. The molecule has 1 fully saturated rings. The first-order valence-corrected chi connectivity index (χ1v) is 16.2. The summed E-state index contributed by atoms with van der Waals surface area (Å²) < 4.78 is 40.4. The number of likely N-dealkylation sites (tertiary alicyclic amines) is 1. The van der Waals surface area contributed by atoms with Crippen LogP contribution in [0.15, 0.2) is 82.5 Å². The normalized spacial score (nSPS) is 16.0. The molecule has 0 radical (unpaired) electrons. The molecule has 4 aromatic rings. The Morgan fingerprint density at radius 2 is 1.72 bits per heavy atom. The zero-order valence-corrected chi connectivity index (χ0v) is 26.8. The van der Waals surface area contributed by atoms with Crippen LogP contribution in [-0.4, -0.2) is 65.7 Å². The summed E-state index contributed by atoms with van der Waals surface area (Å²) in [6, 6.07) is 18.8. The predicted molar refractivity (Wildman–Crippen MR) is 170 cm³/mol. The van der Waals surface area contributed by atoms with Gasteiger partial charge in [0.05, 0.1) is 34.7 Å². The maximum absolute atomic E-state index is 14.5. The van der Waals surface area contributed by atoms with Crippen LogP contribution in [0.25, 0.3) is 11.0 Å². The zero-order chi connectivity index (χ0) is 33.2. The summed E-state index contributed by atoms with van der Waals surface area (Å²) in [6.45, 7) is 5.79. The Kier molecular flexibility index (Phi) is 8.94. The van der Waals surface area contributed by atoms with Crippen LogP contribution in [0.1, 0.15) is 50.8 Å². The van der Waals surface area contributed by atoms with Gasteiger partial charge in [0, 0.05) is 19.1 Å². The van der Waals surface area contributed by atoms with E-state index in [-0.39, 0.29) is 28.0 Å². The highest BCUT2D eigenvalue weighted by Gasteiger charge is 2.36. The summed E-state index contributed by atoms with van der Waals surface area (Å²) in [7, 11) is -3.01. The van der Waals surface area contributed by atoms with Crippen molar-refractivity contribution in [2.45, 2.75) is 56.2 Å². The van der Waals surface area contributed by atoms with Crippen LogP contribution >= 0.6 is 0 Å². The monoisotopic (exact) mass is 645 g/mol. The Balaban J connectivity index is 1.64. The molecule has 2 atom stereocenters. The van der Waals surface area contributed by atoms with Gasteiger partial charge in [-0.15, -0.1) is 0 Å².